The van der Waals surface area contributed by atoms with E-state index < -0.39 is 12.0 Å². The summed E-state index contributed by atoms with van der Waals surface area (Å²) in [6.45, 7) is 5.09. The van der Waals surface area contributed by atoms with Crippen molar-refractivity contribution in [2.75, 3.05) is 12.4 Å². The van der Waals surface area contributed by atoms with Crippen LogP contribution in [0.3, 0.4) is 0 Å². The molecule has 2 heterocycles. The van der Waals surface area contributed by atoms with E-state index in [2.05, 4.69) is 0 Å². The largest absolute Gasteiger partial charge is 0.466 e. The van der Waals surface area contributed by atoms with Crippen LogP contribution in [-0.4, -0.2) is 41.0 Å². The maximum atomic E-state index is 12.7. The van der Waals surface area contributed by atoms with Gasteiger partial charge in [-0.25, -0.2) is 4.79 Å². The van der Waals surface area contributed by atoms with Crippen LogP contribution in [0.15, 0.2) is 41.0 Å². The standard InChI is InChI=1S/C22H25NO5S/c1-4-15-8-9-16(5-2)17(11-15)19(25)12-28-22(26)18-13-29-21(23(18)14(3)24)20-7-6-10-27-20/h6-11,18,21H,4-5,12-13H2,1-3H3/t18-,21-/m0/s1. The first kappa shape index (κ1) is 21.2. The van der Waals surface area contributed by atoms with Crippen LogP contribution in [0, 0.1) is 0 Å². The first-order valence-electron chi connectivity index (χ1n) is 9.71. The normalized spacial score (nSPS) is 18.7. The number of carbonyl (C=O) groups is 3. The van der Waals surface area contributed by atoms with Crippen LogP contribution < -0.4 is 0 Å². The van der Waals surface area contributed by atoms with Crippen LogP contribution in [0.4, 0.5) is 0 Å². The van der Waals surface area contributed by atoms with Crippen molar-refractivity contribution < 1.29 is 23.5 Å². The van der Waals surface area contributed by atoms with Gasteiger partial charge in [-0.3, -0.25) is 9.59 Å². The second-order valence-electron chi connectivity index (χ2n) is 6.87. The molecule has 2 aromatic rings. The Balaban J connectivity index is 1.69. The van der Waals surface area contributed by atoms with Crippen molar-refractivity contribution >= 4 is 29.4 Å². The lowest BCUT2D eigenvalue weighted by atomic mass is 9.98. The molecule has 1 aromatic carbocycles. The van der Waals surface area contributed by atoms with Gasteiger partial charge in [-0.05, 0) is 42.2 Å². The van der Waals surface area contributed by atoms with Crippen molar-refractivity contribution in [3.8, 4) is 0 Å². The molecule has 0 spiro atoms. The number of nitrogens with zero attached hydrogens (tertiary/aromatic N) is 1. The molecule has 29 heavy (non-hydrogen) atoms. The summed E-state index contributed by atoms with van der Waals surface area (Å²) >= 11 is 1.44. The van der Waals surface area contributed by atoms with Gasteiger partial charge in [0.2, 0.25) is 11.7 Å². The van der Waals surface area contributed by atoms with Gasteiger partial charge >= 0.3 is 5.97 Å². The van der Waals surface area contributed by atoms with Crippen LogP contribution in [0.25, 0.3) is 0 Å². The van der Waals surface area contributed by atoms with E-state index in [0.29, 0.717) is 17.1 Å². The van der Waals surface area contributed by atoms with E-state index in [9.17, 15) is 14.4 Å². The van der Waals surface area contributed by atoms with Crippen LogP contribution in [0.1, 0.15) is 53.4 Å². The molecule has 1 aliphatic rings. The molecule has 0 saturated carbocycles. The Morgan fingerprint density at radius 1 is 1.21 bits per heavy atom. The summed E-state index contributed by atoms with van der Waals surface area (Å²) < 4.78 is 10.7. The predicted octanol–water partition coefficient (Wildman–Crippen LogP) is 3.79. The minimum Gasteiger partial charge on any atom is -0.466 e. The maximum absolute atomic E-state index is 12.7. The third kappa shape index (κ3) is 4.56. The van der Waals surface area contributed by atoms with Gasteiger partial charge in [0.15, 0.2) is 6.61 Å². The number of Topliss-reactive ketones (excluding diaryl/α,β-unsaturated/α-hetero) is 1. The van der Waals surface area contributed by atoms with Gasteiger partial charge in [-0.1, -0.05) is 26.0 Å². The minimum absolute atomic E-state index is 0.229. The Kier molecular flexibility index (Phi) is 6.79. The first-order valence-corrected chi connectivity index (χ1v) is 10.8. The summed E-state index contributed by atoms with van der Waals surface area (Å²) in [5.41, 5.74) is 2.59. The molecular formula is C22H25NO5S. The summed E-state index contributed by atoms with van der Waals surface area (Å²) in [5, 5.41) is -0.372. The summed E-state index contributed by atoms with van der Waals surface area (Å²) in [7, 11) is 0. The second-order valence-corrected chi connectivity index (χ2v) is 7.99. The molecule has 1 fully saturated rings. The number of furan rings is 1. The second kappa shape index (κ2) is 9.31. The molecule has 0 aliphatic carbocycles. The fourth-order valence-corrected chi connectivity index (χ4v) is 4.86. The predicted molar refractivity (Wildman–Crippen MR) is 111 cm³/mol. The van der Waals surface area contributed by atoms with Crippen LogP contribution >= 0.6 is 11.8 Å². The van der Waals surface area contributed by atoms with Crippen molar-refractivity contribution in [2.24, 2.45) is 0 Å². The Labute approximate surface area is 174 Å². The molecule has 1 aliphatic heterocycles. The molecule has 0 N–H and O–H groups in total. The maximum Gasteiger partial charge on any atom is 0.330 e. The van der Waals surface area contributed by atoms with Crippen LogP contribution in [0.5, 0.6) is 0 Å². The van der Waals surface area contributed by atoms with E-state index in [1.165, 1.54) is 29.8 Å². The number of carbonyl (C=O) groups excluding carboxylic acids is 3. The molecule has 1 aromatic heterocycles. The highest BCUT2D eigenvalue weighted by Gasteiger charge is 2.43. The number of thioether (sulfide) groups is 1. The summed E-state index contributed by atoms with van der Waals surface area (Å²) in [6, 6.07) is 8.61. The zero-order valence-electron chi connectivity index (χ0n) is 16.8. The lowest BCUT2D eigenvalue weighted by Crippen LogP contribution is -2.43. The highest BCUT2D eigenvalue weighted by atomic mass is 32.2. The third-order valence-corrected chi connectivity index (χ3v) is 6.32. The van der Waals surface area contributed by atoms with E-state index >= 15 is 0 Å². The third-order valence-electron chi connectivity index (χ3n) is 5.03. The van der Waals surface area contributed by atoms with Gasteiger partial charge in [-0.15, -0.1) is 11.8 Å². The lowest BCUT2D eigenvalue weighted by Gasteiger charge is -2.25. The number of esters is 1. The van der Waals surface area contributed by atoms with Crippen molar-refractivity contribution in [3.05, 3.63) is 59.0 Å². The van der Waals surface area contributed by atoms with Gasteiger partial charge < -0.3 is 14.1 Å². The highest BCUT2D eigenvalue weighted by Crippen LogP contribution is 2.41. The number of benzene rings is 1. The van der Waals surface area contributed by atoms with Crippen molar-refractivity contribution in [1.29, 1.82) is 0 Å². The molecule has 3 rings (SSSR count). The summed E-state index contributed by atoms with van der Waals surface area (Å²) in [5.74, 6) is -0.0363. The Hall–Kier alpha value is -2.54. The van der Waals surface area contributed by atoms with Gasteiger partial charge in [0.1, 0.15) is 17.2 Å². The minimum atomic E-state index is -0.743. The smallest absolute Gasteiger partial charge is 0.330 e. The van der Waals surface area contributed by atoms with Crippen LogP contribution in [-0.2, 0) is 27.2 Å². The van der Waals surface area contributed by atoms with Crippen molar-refractivity contribution in [1.82, 2.24) is 4.90 Å². The Morgan fingerprint density at radius 2 is 2.00 bits per heavy atom. The molecule has 0 bridgehead atoms. The molecule has 0 unspecified atom stereocenters. The fraction of sp³-hybridized carbons (Fsp3) is 0.409. The van der Waals surface area contributed by atoms with E-state index in [1.54, 1.807) is 12.1 Å². The Morgan fingerprint density at radius 3 is 2.62 bits per heavy atom. The molecule has 154 valence electrons. The number of ketones is 1. The molecule has 6 nitrogen and oxygen atoms in total. The molecule has 2 atom stereocenters. The quantitative estimate of drug-likeness (QED) is 0.506. The zero-order valence-corrected chi connectivity index (χ0v) is 17.7. The van der Waals surface area contributed by atoms with Gasteiger partial charge in [0.05, 0.1) is 6.26 Å². The molecule has 1 saturated heterocycles. The topological polar surface area (TPSA) is 76.8 Å². The van der Waals surface area contributed by atoms with Crippen LogP contribution in [0.2, 0.25) is 0 Å². The number of aryl methyl sites for hydroxylation is 2. The summed E-state index contributed by atoms with van der Waals surface area (Å²) in [4.78, 5) is 39.0. The monoisotopic (exact) mass is 415 g/mol. The zero-order chi connectivity index (χ0) is 21.0. The average Bonchev–Trinajstić information content (AvgIpc) is 3.40. The van der Waals surface area contributed by atoms with E-state index in [-0.39, 0.29) is 23.7 Å². The lowest BCUT2D eigenvalue weighted by molar-refractivity contribution is -0.152. The van der Waals surface area contributed by atoms with E-state index in [4.69, 9.17) is 9.15 Å². The number of amides is 1. The van der Waals surface area contributed by atoms with E-state index in [0.717, 1.165) is 24.0 Å². The Bertz CT molecular complexity index is 893. The summed E-state index contributed by atoms with van der Waals surface area (Å²) in [6.07, 6.45) is 3.08. The molecule has 7 heteroatoms. The van der Waals surface area contributed by atoms with Crippen molar-refractivity contribution in [3.63, 3.8) is 0 Å². The number of hydrogen-bond acceptors (Lipinski definition) is 6. The SMILES string of the molecule is CCc1ccc(CC)c(C(=O)COC(=O)[C@@H]2CS[C@@H](c3ccco3)N2C(C)=O)c1. The number of rotatable bonds is 7. The number of ether oxygens (including phenoxy) is 1. The van der Waals surface area contributed by atoms with Gasteiger partial charge in [0, 0.05) is 18.2 Å². The average molecular weight is 416 g/mol. The molecule has 0 radical (unpaired) electrons. The molecular weight excluding hydrogens is 390 g/mol. The van der Waals surface area contributed by atoms with Gasteiger partial charge in [-0.2, -0.15) is 0 Å². The fourth-order valence-electron chi connectivity index (χ4n) is 3.45. The molecule has 1 amide bonds. The number of hydrogen-bond donors (Lipinski definition) is 0. The van der Waals surface area contributed by atoms with E-state index in [1.807, 2.05) is 32.0 Å². The van der Waals surface area contributed by atoms with Gasteiger partial charge in [0.25, 0.3) is 0 Å². The highest BCUT2D eigenvalue weighted by molar-refractivity contribution is 7.99. The van der Waals surface area contributed by atoms with Crippen molar-refractivity contribution in [2.45, 2.75) is 45.0 Å². The first-order chi connectivity index (χ1) is 14.0.